The number of thiazole rings is 1. The molecule has 22 heavy (non-hydrogen) atoms. The summed E-state index contributed by atoms with van der Waals surface area (Å²) in [6, 6.07) is 6.83. The van der Waals surface area contributed by atoms with E-state index in [1.807, 2.05) is 11.3 Å². The lowest BCUT2D eigenvalue weighted by Crippen LogP contribution is -2.30. The fraction of sp³-hybridized carbons (Fsp3) is 0.368. The normalized spacial score (nSPS) is 11.6. The van der Waals surface area contributed by atoms with E-state index in [1.165, 1.54) is 37.7 Å². The molecule has 0 spiro atoms. The summed E-state index contributed by atoms with van der Waals surface area (Å²) < 4.78 is 3.48. The van der Waals surface area contributed by atoms with Crippen molar-refractivity contribution in [3.05, 3.63) is 46.1 Å². The van der Waals surface area contributed by atoms with Gasteiger partial charge in [0.05, 0.1) is 9.71 Å². The van der Waals surface area contributed by atoms with Crippen LogP contribution in [0.25, 0.3) is 21.5 Å². The van der Waals surface area contributed by atoms with Crippen LogP contribution in [0.5, 0.6) is 0 Å². The van der Waals surface area contributed by atoms with E-state index in [0.29, 0.717) is 5.92 Å². The topological polar surface area (TPSA) is 16.8 Å². The largest absolute Gasteiger partial charge is 0.235 e. The highest BCUT2D eigenvalue weighted by molar-refractivity contribution is 7.18. The highest BCUT2D eigenvalue weighted by Crippen LogP contribution is 2.31. The van der Waals surface area contributed by atoms with Crippen molar-refractivity contribution in [2.24, 2.45) is 7.05 Å². The Bertz CT molecular complexity index is 859. The van der Waals surface area contributed by atoms with Gasteiger partial charge in [0.15, 0.2) is 6.20 Å². The third-order valence-corrected chi connectivity index (χ3v) is 5.56. The van der Waals surface area contributed by atoms with Crippen LogP contribution >= 0.6 is 11.3 Å². The zero-order valence-corrected chi connectivity index (χ0v) is 15.0. The van der Waals surface area contributed by atoms with Gasteiger partial charge in [0, 0.05) is 17.5 Å². The average molecular weight is 311 g/mol. The van der Waals surface area contributed by atoms with Crippen LogP contribution in [-0.4, -0.2) is 4.98 Å². The summed E-state index contributed by atoms with van der Waals surface area (Å²) >= 11 is 1.81. The van der Waals surface area contributed by atoms with Crippen LogP contribution < -0.4 is 4.57 Å². The van der Waals surface area contributed by atoms with E-state index in [-0.39, 0.29) is 0 Å². The highest BCUT2D eigenvalue weighted by Gasteiger charge is 2.18. The maximum atomic E-state index is 4.76. The van der Waals surface area contributed by atoms with Crippen molar-refractivity contribution in [2.75, 3.05) is 0 Å². The van der Waals surface area contributed by atoms with Gasteiger partial charge in [0.25, 0.3) is 0 Å². The van der Waals surface area contributed by atoms with Crippen molar-refractivity contribution >= 4 is 21.6 Å². The number of rotatable bonds is 2. The van der Waals surface area contributed by atoms with Crippen LogP contribution in [0.2, 0.25) is 0 Å². The van der Waals surface area contributed by atoms with E-state index in [9.17, 15) is 0 Å². The highest BCUT2D eigenvalue weighted by atomic mass is 32.1. The number of aryl methyl sites for hydroxylation is 3. The molecule has 0 bridgehead atoms. The summed E-state index contributed by atoms with van der Waals surface area (Å²) in [6.45, 7) is 11.0. The Labute approximate surface area is 136 Å². The minimum atomic E-state index is 0.481. The molecule has 3 rings (SSSR count). The number of hydrogen-bond acceptors (Lipinski definition) is 2. The number of aromatic nitrogens is 2. The first-order valence-electron chi connectivity index (χ1n) is 7.75. The SMILES string of the molecule is Cc1cc(C)c(C)c(-c2cc3sc(C(C)C)nc3c[n+]2C)c1. The van der Waals surface area contributed by atoms with Crippen LogP contribution in [0, 0.1) is 20.8 Å². The molecular formula is C19H23N2S+. The minimum absolute atomic E-state index is 0.481. The molecule has 0 unspecified atom stereocenters. The van der Waals surface area contributed by atoms with Crippen molar-refractivity contribution in [1.29, 1.82) is 0 Å². The standard InChI is InChI=1S/C19H23N2S/c1-11(2)19-20-16-10-21(6)17(9-18(16)22-19)15-8-12(3)7-13(4)14(15)5/h7-11H,1-6H3/q+1. The molecule has 3 heteroatoms. The van der Waals surface area contributed by atoms with E-state index in [0.717, 1.165) is 5.52 Å². The molecule has 0 aliphatic heterocycles. The number of nitrogens with zero attached hydrogens (tertiary/aromatic N) is 2. The fourth-order valence-electron chi connectivity index (χ4n) is 2.86. The predicted molar refractivity (Wildman–Crippen MR) is 94.5 cm³/mol. The first-order chi connectivity index (χ1) is 10.4. The fourth-order valence-corrected chi connectivity index (χ4v) is 3.84. The van der Waals surface area contributed by atoms with Crippen molar-refractivity contribution < 1.29 is 4.57 Å². The number of benzene rings is 1. The Hall–Kier alpha value is -1.74. The molecule has 0 radical (unpaired) electrons. The molecular weight excluding hydrogens is 288 g/mol. The summed E-state index contributed by atoms with van der Waals surface area (Å²) in [5.74, 6) is 0.481. The van der Waals surface area contributed by atoms with Crippen LogP contribution in [0.3, 0.4) is 0 Å². The summed E-state index contributed by atoms with van der Waals surface area (Å²) in [6.07, 6.45) is 2.16. The Morgan fingerprint density at radius 3 is 2.50 bits per heavy atom. The lowest BCUT2D eigenvalue weighted by Gasteiger charge is -2.09. The maximum Gasteiger partial charge on any atom is 0.214 e. The molecule has 0 atom stereocenters. The molecule has 1 aromatic carbocycles. The van der Waals surface area contributed by atoms with Crippen molar-refractivity contribution in [1.82, 2.24) is 4.98 Å². The van der Waals surface area contributed by atoms with Crippen LogP contribution in [0.4, 0.5) is 0 Å². The van der Waals surface area contributed by atoms with Gasteiger partial charge in [0.2, 0.25) is 5.69 Å². The van der Waals surface area contributed by atoms with Gasteiger partial charge in [-0.25, -0.2) is 4.98 Å². The number of pyridine rings is 1. The van der Waals surface area contributed by atoms with Gasteiger partial charge < -0.3 is 0 Å². The van der Waals surface area contributed by atoms with Crippen LogP contribution in [-0.2, 0) is 7.05 Å². The molecule has 2 nitrogen and oxygen atoms in total. The summed E-state index contributed by atoms with van der Waals surface area (Å²) in [4.78, 5) is 4.76. The van der Waals surface area contributed by atoms with Gasteiger partial charge in [-0.3, -0.25) is 0 Å². The predicted octanol–water partition coefficient (Wildman–Crippen LogP) is 4.84. The third kappa shape index (κ3) is 2.54. The van der Waals surface area contributed by atoms with Gasteiger partial charge in [0.1, 0.15) is 12.6 Å². The van der Waals surface area contributed by atoms with Gasteiger partial charge in [-0.05, 0) is 38.0 Å². The van der Waals surface area contributed by atoms with E-state index in [2.05, 4.69) is 70.6 Å². The molecule has 0 aliphatic carbocycles. The first-order valence-corrected chi connectivity index (χ1v) is 8.57. The third-order valence-electron chi connectivity index (χ3n) is 4.24. The molecule has 0 N–H and O–H groups in total. The minimum Gasteiger partial charge on any atom is -0.235 e. The molecule has 2 aromatic heterocycles. The van der Waals surface area contributed by atoms with Gasteiger partial charge in [-0.2, -0.15) is 4.57 Å². The van der Waals surface area contributed by atoms with E-state index < -0.39 is 0 Å². The number of fused-ring (bicyclic) bond motifs is 1. The van der Waals surface area contributed by atoms with Crippen molar-refractivity contribution in [3.63, 3.8) is 0 Å². The Balaban J connectivity index is 2.25. The molecule has 114 valence electrons. The quantitative estimate of drug-likeness (QED) is 0.619. The Morgan fingerprint density at radius 2 is 1.82 bits per heavy atom. The van der Waals surface area contributed by atoms with Gasteiger partial charge in [-0.15, -0.1) is 11.3 Å². The molecule has 0 saturated heterocycles. The zero-order chi connectivity index (χ0) is 16.0. The second kappa shape index (κ2) is 5.47. The molecule has 0 aliphatic rings. The number of hydrogen-bond donors (Lipinski definition) is 0. The molecule has 3 aromatic rings. The second-order valence-corrected chi connectivity index (χ2v) is 7.54. The van der Waals surface area contributed by atoms with Gasteiger partial charge in [-0.1, -0.05) is 25.5 Å². The van der Waals surface area contributed by atoms with Crippen molar-refractivity contribution in [3.8, 4) is 11.3 Å². The first kappa shape index (κ1) is 15.2. The summed E-state index contributed by atoms with van der Waals surface area (Å²) in [7, 11) is 2.11. The average Bonchev–Trinajstić information content (AvgIpc) is 2.85. The van der Waals surface area contributed by atoms with Crippen molar-refractivity contribution in [2.45, 2.75) is 40.5 Å². The molecule has 0 amide bonds. The lowest BCUT2D eigenvalue weighted by atomic mass is 9.97. The van der Waals surface area contributed by atoms with E-state index in [4.69, 9.17) is 4.98 Å². The molecule has 2 heterocycles. The van der Waals surface area contributed by atoms with E-state index in [1.54, 1.807) is 0 Å². The van der Waals surface area contributed by atoms with E-state index >= 15 is 0 Å². The monoisotopic (exact) mass is 311 g/mol. The Kier molecular flexibility index (Phi) is 3.77. The van der Waals surface area contributed by atoms with Crippen LogP contribution in [0.1, 0.15) is 41.5 Å². The molecule has 0 saturated carbocycles. The maximum absolute atomic E-state index is 4.76. The smallest absolute Gasteiger partial charge is 0.214 e. The summed E-state index contributed by atoms with van der Waals surface area (Å²) in [5.41, 5.74) is 7.70. The van der Waals surface area contributed by atoms with Crippen LogP contribution in [0.15, 0.2) is 24.4 Å². The lowest BCUT2D eigenvalue weighted by molar-refractivity contribution is -0.659. The molecule has 0 fully saturated rings. The summed E-state index contributed by atoms with van der Waals surface area (Å²) in [5, 5.41) is 1.21. The second-order valence-electron chi connectivity index (χ2n) is 6.48. The Morgan fingerprint density at radius 1 is 1.09 bits per heavy atom. The zero-order valence-electron chi connectivity index (χ0n) is 14.2. The van der Waals surface area contributed by atoms with Gasteiger partial charge >= 0.3 is 0 Å².